The van der Waals surface area contributed by atoms with E-state index in [1.165, 1.54) is 11.8 Å². The molecule has 164 valence electrons. The number of ether oxygens (including phenoxy) is 2. The fourth-order valence-electron chi connectivity index (χ4n) is 2.99. The number of carbonyl (C=O) groups is 2. The monoisotopic (exact) mass is 455 g/mol. The maximum Gasteiger partial charge on any atom is 0.350 e. The van der Waals surface area contributed by atoms with Crippen molar-refractivity contribution in [3.8, 4) is 0 Å². The van der Waals surface area contributed by atoms with Crippen molar-refractivity contribution in [1.29, 1.82) is 0 Å². The van der Waals surface area contributed by atoms with Crippen molar-refractivity contribution in [2.45, 2.75) is 10.8 Å². The normalized spacial score (nSPS) is 17.7. The van der Waals surface area contributed by atoms with Gasteiger partial charge < -0.3 is 14.8 Å². The number of benzene rings is 2. The zero-order valence-electron chi connectivity index (χ0n) is 16.6. The molecule has 0 aliphatic carbocycles. The third-order valence-corrected chi connectivity index (χ3v) is 5.83. The van der Waals surface area contributed by atoms with Crippen LogP contribution in [0.4, 0.5) is 10.2 Å². The van der Waals surface area contributed by atoms with E-state index in [2.05, 4.69) is 10.3 Å². The van der Waals surface area contributed by atoms with Crippen molar-refractivity contribution >= 4 is 29.5 Å². The highest BCUT2D eigenvalue weighted by atomic mass is 32.2. The molecule has 1 aliphatic heterocycles. The number of hydrogen-bond donors (Lipinski definition) is 1. The van der Waals surface area contributed by atoms with Crippen molar-refractivity contribution in [3.05, 3.63) is 94.3 Å². The van der Waals surface area contributed by atoms with E-state index in [9.17, 15) is 18.8 Å². The number of anilines is 1. The maximum atomic E-state index is 14.5. The summed E-state index contributed by atoms with van der Waals surface area (Å²) in [7, 11) is 0. The second-order valence-electron chi connectivity index (χ2n) is 6.77. The topological polar surface area (TPSA) is 99.5 Å². The van der Waals surface area contributed by atoms with Crippen LogP contribution in [0.25, 0.3) is 0 Å². The van der Waals surface area contributed by atoms with E-state index in [0.29, 0.717) is 11.1 Å². The largest absolute Gasteiger partial charge is 0.458 e. The zero-order chi connectivity index (χ0) is 22.5. The van der Waals surface area contributed by atoms with Gasteiger partial charge in [-0.3, -0.25) is 9.36 Å². The molecule has 32 heavy (non-hydrogen) atoms. The molecule has 1 aliphatic rings. The molecule has 0 bridgehead atoms. The Bertz CT molecular complexity index is 1170. The predicted molar refractivity (Wildman–Crippen MR) is 116 cm³/mol. The van der Waals surface area contributed by atoms with Crippen LogP contribution >= 0.6 is 11.8 Å². The van der Waals surface area contributed by atoms with Gasteiger partial charge in [-0.15, -0.1) is 0 Å². The van der Waals surface area contributed by atoms with Crippen LogP contribution in [0.15, 0.2) is 71.7 Å². The van der Waals surface area contributed by atoms with Gasteiger partial charge in [-0.2, -0.15) is 4.98 Å². The van der Waals surface area contributed by atoms with Crippen molar-refractivity contribution in [2.24, 2.45) is 0 Å². The van der Waals surface area contributed by atoms with Gasteiger partial charge >= 0.3 is 11.7 Å². The molecule has 1 aromatic heterocycles. The number of halogens is 1. The molecule has 0 radical (unpaired) electrons. The first-order valence-corrected chi connectivity index (χ1v) is 10.6. The van der Waals surface area contributed by atoms with Gasteiger partial charge in [-0.1, -0.05) is 48.2 Å². The summed E-state index contributed by atoms with van der Waals surface area (Å²) in [6, 6.07) is 16.7. The molecule has 1 fully saturated rings. The van der Waals surface area contributed by atoms with Crippen molar-refractivity contribution < 1.29 is 23.5 Å². The SMILES string of the molecule is O=C(Nc1nc(=O)n(C2COC(COC(=O)c3ccccc3)S2)cc1F)c1ccccc1. The Hall–Kier alpha value is -3.50. The number of nitrogens with one attached hydrogen (secondary N) is 1. The first kappa shape index (κ1) is 21.7. The summed E-state index contributed by atoms with van der Waals surface area (Å²) in [5.74, 6) is -2.36. The summed E-state index contributed by atoms with van der Waals surface area (Å²) in [6.07, 6.45) is 0.981. The van der Waals surface area contributed by atoms with Crippen LogP contribution in [-0.2, 0) is 9.47 Å². The van der Waals surface area contributed by atoms with E-state index in [0.717, 1.165) is 10.8 Å². The van der Waals surface area contributed by atoms with Gasteiger partial charge in [-0.25, -0.2) is 14.0 Å². The van der Waals surface area contributed by atoms with Gasteiger partial charge in [0.25, 0.3) is 5.91 Å². The molecule has 8 nitrogen and oxygen atoms in total. The third-order valence-electron chi connectivity index (χ3n) is 4.58. The predicted octanol–water partition coefficient (Wildman–Crippen LogP) is 3.08. The molecule has 0 saturated carbocycles. The molecule has 2 unspecified atom stereocenters. The van der Waals surface area contributed by atoms with Crippen LogP contribution in [0.3, 0.4) is 0 Å². The van der Waals surface area contributed by atoms with E-state index in [1.807, 2.05) is 0 Å². The van der Waals surface area contributed by atoms with Crippen LogP contribution in [0.2, 0.25) is 0 Å². The van der Waals surface area contributed by atoms with E-state index < -0.39 is 40.0 Å². The summed E-state index contributed by atoms with van der Waals surface area (Å²) < 4.78 is 26.4. The summed E-state index contributed by atoms with van der Waals surface area (Å²) in [4.78, 5) is 40.3. The minimum Gasteiger partial charge on any atom is -0.458 e. The van der Waals surface area contributed by atoms with Crippen molar-refractivity contribution in [1.82, 2.24) is 9.55 Å². The highest BCUT2D eigenvalue weighted by Crippen LogP contribution is 2.35. The van der Waals surface area contributed by atoms with Gasteiger partial charge in [0.1, 0.15) is 17.4 Å². The molecule has 1 saturated heterocycles. The van der Waals surface area contributed by atoms with Crippen LogP contribution in [0.1, 0.15) is 26.1 Å². The molecule has 10 heteroatoms. The fourth-order valence-corrected chi connectivity index (χ4v) is 4.08. The minimum atomic E-state index is -0.853. The number of hydrogen-bond acceptors (Lipinski definition) is 7. The standard InChI is InChI=1S/C22H18FN3O5S/c23-16-11-26(22(29)25-19(16)24-20(27)14-7-3-1-4-8-14)17-12-30-18(32-17)13-31-21(28)15-9-5-2-6-10-15/h1-11,17-18H,12-13H2,(H,24,25,27,29). The maximum absolute atomic E-state index is 14.5. The Kier molecular flexibility index (Phi) is 6.62. The van der Waals surface area contributed by atoms with Crippen LogP contribution in [0, 0.1) is 5.82 Å². The molecule has 1 N–H and O–H groups in total. The first-order chi connectivity index (χ1) is 15.5. The molecule has 0 spiro atoms. The molecule has 2 aromatic carbocycles. The van der Waals surface area contributed by atoms with E-state index in [4.69, 9.17) is 9.47 Å². The number of carbonyl (C=O) groups excluding carboxylic acids is 2. The second-order valence-corrected chi connectivity index (χ2v) is 8.11. The number of thioether (sulfide) groups is 1. The van der Waals surface area contributed by atoms with Crippen molar-refractivity contribution in [2.75, 3.05) is 18.5 Å². The molecular weight excluding hydrogens is 437 g/mol. The highest BCUT2D eigenvalue weighted by molar-refractivity contribution is 8.00. The third kappa shape index (κ3) is 5.04. The van der Waals surface area contributed by atoms with Gasteiger partial charge in [0, 0.05) is 11.8 Å². The Labute approximate surface area is 186 Å². The average molecular weight is 455 g/mol. The van der Waals surface area contributed by atoms with Crippen LogP contribution in [-0.4, -0.2) is 40.1 Å². The Morgan fingerprint density at radius 3 is 2.47 bits per heavy atom. The molecule has 3 aromatic rings. The van der Waals surface area contributed by atoms with Gasteiger partial charge in [0.05, 0.1) is 12.2 Å². The van der Waals surface area contributed by atoms with E-state index in [1.54, 1.807) is 60.7 Å². The Morgan fingerprint density at radius 2 is 1.78 bits per heavy atom. The zero-order valence-corrected chi connectivity index (χ0v) is 17.5. The number of rotatable bonds is 6. The number of nitrogens with zero attached hydrogens (tertiary/aromatic N) is 2. The quantitative estimate of drug-likeness (QED) is 0.570. The number of esters is 1. The molecule has 4 rings (SSSR count). The van der Waals surface area contributed by atoms with E-state index >= 15 is 0 Å². The number of aromatic nitrogens is 2. The van der Waals surface area contributed by atoms with Crippen LogP contribution < -0.4 is 11.0 Å². The Morgan fingerprint density at radius 1 is 1.12 bits per heavy atom. The lowest BCUT2D eigenvalue weighted by atomic mass is 10.2. The number of amides is 1. The molecular formula is C22H18FN3O5S. The van der Waals surface area contributed by atoms with Gasteiger partial charge in [0.2, 0.25) is 0 Å². The minimum absolute atomic E-state index is 0.0230. The molecule has 2 heterocycles. The molecule has 2 atom stereocenters. The van der Waals surface area contributed by atoms with Crippen LogP contribution in [0.5, 0.6) is 0 Å². The Balaban J connectivity index is 1.38. The molecule has 1 amide bonds. The lowest BCUT2D eigenvalue weighted by Gasteiger charge is -2.13. The average Bonchev–Trinajstić information content (AvgIpc) is 3.29. The fraction of sp³-hybridized carbons (Fsp3) is 0.182. The first-order valence-electron chi connectivity index (χ1n) is 9.65. The summed E-state index contributed by atoms with van der Waals surface area (Å²) in [5.41, 5.74) is -0.522. The second kappa shape index (κ2) is 9.75. The highest BCUT2D eigenvalue weighted by Gasteiger charge is 2.30. The van der Waals surface area contributed by atoms with Gasteiger partial charge in [0.15, 0.2) is 11.6 Å². The summed E-state index contributed by atoms with van der Waals surface area (Å²) in [5, 5.41) is 1.76. The van der Waals surface area contributed by atoms with E-state index in [-0.39, 0.29) is 13.2 Å². The smallest absolute Gasteiger partial charge is 0.350 e. The lowest BCUT2D eigenvalue weighted by molar-refractivity contribution is 0.0273. The van der Waals surface area contributed by atoms with Gasteiger partial charge in [-0.05, 0) is 24.3 Å². The van der Waals surface area contributed by atoms with Crippen molar-refractivity contribution in [3.63, 3.8) is 0 Å². The summed E-state index contributed by atoms with van der Waals surface area (Å²) >= 11 is 1.21. The summed E-state index contributed by atoms with van der Waals surface area (Å²) in [6.45, 7) is 0.0831. The lowest BCUT2D eigenvalue weighted by Crippen LogP contribution is -2.28.